The molecule has 0 saturated heterocycles. The Bertz CT molecular complexity index is 248. The Morgan fingerprint density at radius 2 is 2.45 bits per heavy atom. The van der Waals surface area contributed by atoms with Gasteiger partial charge >= 0.3 is 29.6 Å². The van der Waals surface area contributed by atoms with Crippen LogP contribution in [0.25, 0.3) is 5.76 Å². The Hall–Kier alpha value is 0.130. The second-order valence-corrected chi connectivity index (χ2v) is 2.82. The number of aryl methyl sites for hydroxylation is 1. The van der Waals surface area contributed by atoms with Crippen LogP contribution in [-0.4, -0.2) is 4.98 Å². The molecule has 11 heavy (non-hydrogen) atoms. The third-order valence-electron chi connectivity index (χ3n) is 1.01. The zero-order valence-electron chi connectivity index (χ0n) is 6.46. The molecule has 0 atom stereocenters. The minimum atomic E-state index is 0. The van der Waals surface area contributed by atoms with E-state index in [0.29, 0.717) is 5.69 Å². The summed E-state index contributed by atoms with van der Waals surface area (Å²) >= 11 is 1.46. The fourth-order valence-corrected chi connectivity index (χ4v) is 1.15. The maximum atomic E-state index is 9.80. The molecule has 0 spiro atoms. The summed E-state index contributed by atoms with van der Waals surface area (Å²) in [5, 5.41) is 12.4. The van der Waals surface area contributed by atoms with Gasteiger partial charge in [-0.25, -0.2) is 4.98 Å². The summed E-state index contributed by atoms with van der Waals surface area (Å²) in [6.07, 6.45) is 0. The quantitative estimate of drug-likeness (QED) is 0.222. The molecule has 1 aromatic rings. The number of hydrogen-bond acceptors (Lipinski definition) is 4. The van der Waals surface area contributed by atoms with Crippen LogP contribution in [0.4, 0.5) is 0 Å². The van der Waals surface area contributed by atoms with E-state index in [1.807, 2.05) is 6.92 Å². The van der Waals surface area contributed by atoms with Gasteiger partial charge in [-0.1, -0.05) is 6.58 Å². The van der Waals surface area contributed by atoms with E-state index < -0.39 is 0 Å². The average molecular weight is 179 g/mol. The molecule has 54 valence electrons. The van der Waals surface area contributed by atoms with E-state index in [1.54, 1.807) is 5.38 Å². The van der Waals surface area contributed by atoms with Gasteiger partial charge in [0.1, 0.15) is 11.5 Å². The SMILES string of the molecule is C=C(O[O-])c1csc(C)n1.[Na+]. The van der Waals surface area contributed by atoms with Crippen LogP contribution >= 0.6 is 11.3 Å². The van der Waals surface area contributed by atoms with Crippen LogP contribution < -0.4 is 34.8 Å². The molecule has 1 heterocycles. The van der Waals surface area contributed by atoms with Crippen molar-refractivity contribution in [2.75, 3.05) is 0 Å². The normalized spacial score (nSPS) is 8.55. The van der Waals surface area contributed by atoms with E-state index in [4.69, 9.17) is 0 Å². The van der Waals surface area contributed by atoms with Crippen molar-refractivity contribution < 1.29 is 39.7 Å². The van der Waals surface area contributed by atoms with Crippen LogP contribution in [0.3, 0.4) is 0 Å². The second-order valence-electron chi connectivity index (χ2n) is 1.76. The molecule has 0 bridgehead atoms. The van der Waals surface area contributed by atoms with Gasteiger partial charge in [-0.15, -0.1) is 11.3 Å². The van der Waals surface area contributed by atoms with Crippen LogP contribution in [-0.2, 0) is 4.89 Å². The standard InChI is InChI=1S/C6H7NO2S.Na/c1-4(9-8)6-3-10-5(2)7-6;/h3,8H,1H2,2H3;/q;+1/p-1. The molecular formula is C6H6NNaO2S. The fraction of sp³-hybridized carbons (Fsp3) is 0.167. The second kappa shape index (κ2) is 4.90. The van der Waals surface area contributed by atoms with Gasteiger partial charge in [-0.05, 0) is 6.92 Å². The number of rotatable bonds is 2. The molecule has 0 saturated carbocycles. The van der Waals surface area contributed by atoms with E-state index in [1.165, 1.54) is 11.3 Å². The molecule has 1 rings (SSSR count). The number of hydrogen-bond donors (Lipinski definition) is 0. The Morgan fingerprint density at radius 1 is 1.82 bits per heavy atom. The molecule has 0 N–H and O–H groups in total. The maximum absolute atomic E-state index is 9.80. The van der Waals surface area contributed by atoms with E-state index in [9.17, 15) is 5.26 Å². The molecule has 0 aliphatic carbocycles. The van der Waals surface area contributed by atoms with Crippen LogP contribution in [0.2, 0.25) is 0 Å². The van der Waals surface area contributed by atoms with Crippen molar-refractivity contribution in [2.24, 2.45) is 0 Å². The summed E-state index contributed by atoms with van der Waals surface area (Å²) in [6, 6.07) is 0. The van der Waals surface area contributed by atoms with Gasteiger partial charge in [0.05, 0.1) is 5.01 Å². The van der Waals surface area contributed by atoms with Crippen molar-refractivity contribution in [2.45, 2.75) is 6.92 Å². The van der Waals surface area contributed by atoms with Crippen LogP contribution in [0.15, 0.2) is 12.0 Å². The van der Waals surface area contributed by atoms with E-state index >= 15 is 0 Å². The summed E-state index contributed by atoms with van der Waals surface area (Å²) in [6.45, 7) is 5.22. The van der Waals surface area contributed by atoms with Gasteiger partial charge < -0.3 is 10.1 Å². The van der Waals surface area contributed by atoms with Gasteiger partial charge in [-0.2, -0.15) is 0 Å². The van der Waals surface area contributed by atoms with Gasteiger partial charge in [0.15, 0.2) is 0 Å². The topological polar surface area (TPSA) is 45.2 Å². The molecule has 0 amide bonds. The molecule has 0 unspecified atom stereocenters. The molecule has 3 nitrogen and oxygen atoms in total. The van der Waals surface area contributed by atoms with Crippen molar-refractivity contribution in [1.29, 1.82) is 0 Å². The zero-order chi connectivity index (χ0) is 7.56. The fourth-order valence-electron chi connectivity index (χ4n) is 0.534. The largest absolute Gasteiger partial charge is 1.00 e. The summed E-state index contributed by atoms with van der Waals surface area (Å²) in [5.41, 5.74) is 0.525. The Labute approximate surface area is 90.9 Å². The predicted octanol–water partition coefficient (Wildman–Crippen LogP) is -2.28. The zero-order valence-corrected chi connectivity index (χ0v) is 9.27. The summed E-state index contributed by atoms with van der Waals surface area (Å²) in [7, 11) is 0. The van der Waals surface area contributed by atoms with Crippen molar-refractivity contribution in [3.05, 3.63) is 22.7 Å². The van der Waals surface area contributed by atoms with Crippen LogP contribution in [0, 0.1) is 6.92 Å². The number of aromatic nitrogens is 1. The molecule has 0 radical (unpaired) electrons. The van der Waals surface area contributed by atoms with Crippen molar-refractivity contribution in [3.63, 3.8) is 0 Å². The Balaban J connectivity index is 0.000001000. The molecule has 0 aliphatic heterocycles. The molecule has 0 aliphatic rings. The van der Waals surface area contributed by atoms with Crippen molar-refractivity contribution in [3.8, 4) is 0 Å². The first-order valence-electron chi connectivity index (χ1n) is 2.65. The van der Waals surface area contributed by atoms with Crippen LogP contribution in [0.5, 0.6) is 0 Å². The van der Waals surface area contributed by atoms with E-state index in [-0.39, 0.29) is 35.3 Å². The average Bonchev–Trinajstić information content (AvgIpc) is 2.34. The van der Waals surface area contributed by atoms with Gasteiger partial charge in [0.25, 0.3) is 0 Å². The maximum Gasteiger partial charge on any atom is 1.00 e. The third-order valence-corrected chi connectivity index (χ3v) is 1.78. The van der Waals surface area contributed by atoms with Crippen LogP contribution in [0.1, 0.15) is 10.7 Å². The van der Waals surface area contributed by atoms with Gasteiger partial charge in [-0.3, -0.25) is 0 Å². The summed E-state index contributed by atoms with van der Waals surface area (Å²) in [5.74, 6) is 0.0735. The minimum Gasteiger partial charge on any atom is -0.664 e. The first-order valence-corrected chi connectivity index (χ1v) is 3.53. The van der Waals surface area contributed by atoms with Crippen molar-refractivity contribution in [1.82, 2.24) is 4.98 Å². The van der Waals surface area contributed by atoms with E-state index in [2.05, 4.69) is 16.5 Å². The number of nitrogens with zero attached hydrogens (tertiary/aromatic N) is 1. The molecule has 5 heteroatoms. The molecule has 0 aromatic carbocycles. The molecule has 0 fully saturated rings. The van der Waals surface area contributed by atoms with Gasteiger partial charge in [0, 0.05) is 5.38 Å². The monoisotopic (exact) mass is 179 g/mol. The number of thiazole rings is 1. The molecular weight excluding hydrogens is 173 g/mol. The van der Waals surface area contributed by atoms with Gasteiger partial charge in [0.2, 0.25) is 0 Å². The molecule has 1 aromatic heterocycles. The van der Waals surface area contributed by atoms with E-state index in [0.717, 1.165) is 5.01 Å². The first-order chi connectivity index (χ1) is 4.74. The third kappa shape index (κ3) is 2.92. The van der Waals surface area contributed by atoms with Crippen molar-refractivity contribution >= 4 is 17.1 Å². The Morgan fingerprint density at radius 3 is 2.82 bits per heavy atom. The predicted molar refractivity (Wildman–Crippen MR) is 37.0 cm³/mol. The summed E-state index contributed by atoms with van der Waals surface area (Å²) in [4.78, 5) is 7.62. The minimum absolute atomic E-state index is 0. The smallest absolute Gasteiger partial charge is 0.664 e. The Kier molecular flexibility index (Phi) is 4.96. The summed E-state index contributed by atoms with van der Waals surface area (Å²) < 4.78 is 0. The first kappa shape index (κ1) is 11.1.